The van der Waals surface area contributed by atoms with Crippen molar-refractivity contribution in [3.05, 3.63) is 34.3 Å². The summed E-state index contributed by atoms with van der Waals surface area (Å²) >= 11 is 6.14. The van der Waals surface area contributed by atoms with Crippen molar-refractivity contribution in [2.24, 2.45) is 17.8 Å². The molecule has 3 saturated heterocycles. The number of piperidine rings is 1. The summed E-state index contributed by atoms with van der Waals surface area (Å²) in [5.74, 6) is -8.74. The van der Waals surface area contributed by atoms with Gasteiger partial charge in [-0.05, 0) is 106 Å². The predicted octanol–water partition coefficient (Wildman–Crippen LogP) is 4.88. The Hall–Kier alpha value is -7.10. The van der Waals surface area contributed by atoms with Gasteiger partial charge in [0.2, 0.25) is 70.9 Å². The minimum atomic E-state index is -4.76. The van der Waals surface area contributed by atoms with Crippen molar-refractivity contribution in [1.82, 2.24) is 60.0 Å². The van der Waals surface area contributed by atoms with Gasteiger partial charge in [0.15, 0.2) is 0 Å². The van der Waals surface area contributed by atoms with Crippen LogP contribution in [0.25, 0.3) is 0 Å². The first-order valence-corrected chi connectivity index (χ1v) is 35.7. The molecule has 0 aromatic heterocycles. The van der Waals surface area contributed by atoms with Gasteiger partial charge in [0.1, 0.15) is 47.8 Å². The fraction of sp³-hybridized carbons (Fsp3) is 0.743. The Bertz CT molecular complexity index is 3050. The molecule has 1 aromatic carbocycles. The number of likely N-dealkylation sites (tertiary alicyclic amines) is 1. The van der Waals surface area contributed by atoms with Crippen molar-refractivity contribution in [2.75, 3.05) is 102 Å². The molecule has 29 heteroatoms. The van der Waals surface area contributed by atoms with E-state index in [2.05, 4.69) is 16.0 Å². The van der Waals surface area contributed by atoms with Gasteiger partial charge in [-0.25, -0.2) is 0 Å². The molecule has 1 unspecified atom stereocenters. The average Bonchev–Trinajstić information content (AvgIpc) is 1.64. The second-order valence-corrected chi connectivity index (χ2v) is 29.0. The molecule has 5 aliphatic rings. The van der Waals surface area contributed by atoms with Crippen molar-refractivity contribution in [3.63, 3.8) is 0 Å². The number of carbonyl (C=O) groups is 12. The number of fused-ring (bicyclic) bond motifs is 1. The van der Waals surface area contributed by atoms with Crippen LogP contribution in [0, 0.1) is 17.8 Å². The molecule has 25 nitrogen and oxygen atoms in total. The standard InChI is InChI=1S/C70H108ClF3N12O13/c1-13-45(4)60-67(97)80(7)42-58(89)78(5)43-59(90)82(9)54(39-46-23-16-14-17-24-46)64(94)79(6)41-56(87)75-50(29-27-47-26-28-48(49(71)38-47)70(72,73)74)63(93)86-35-22-25-51(86)62(92)77-69(31-18-19-32-69)68(98)84(11)52(30-36-99-12)65(95)83(10)55(66(96)85-33-20-15-21-34-85)40-57(88)81(8)53(37-44(2)3)61(91)76-60/h26,28,38,44-46,50-55,60H,13-25,27,29-37,39-43H2,1-12H3,(H,75,87)(H,76,91)(H,77,92)/t45-,50-,51?,52-,53-,54-,55-,60-/m0/s1. The fourth-order valence-corrected chi connectivity index (χ4v) is 14.8. The molecule has 2 aliphatic carbocycles. The number of ether oxygens (including phenoxy) is 1. The van der Waals surface area contributed by atoms with Crippen LogP contribution >= 0.6 is 11.6 Å². The maximum absolute atomic E-state index is 15.4. The number of halogens is 4. The molecule has 2 saturated carbocycles. The molecule has 3 N–H and O–H groups in total. The van der Waals surface area contributed by atoms with E-state index < -0.39 is 167 Å². The molecule has 5 fully saturated rings. The number of methoxy groups -OCH3 is 1. The number of alkyl halides is 3. The lowest BCUT2D eigenvalue weighted by Gasteiger charge is -2.41. The molecule has 6 rings (SSSR count). The summed E-state index contributed by atoms with van der Waals surface area (Å²) in [6.45, 7) is 6.26. The van der Waals surface area contributed by atoms with E-state index in [-0.39, 0.29) is 76.4 Å². The minimum absolute atomic E-state index is 0.0146. The zero-order chi connectivity index (χ0) is 73.4. The molecule has 554 valence electrons. The Kier molecular flexibility index (Phi) is 29.8. The van der Waals surface area contributed by atoms with Crippen LogP contribution in [0.1, 0.15) is 167 Å². The maximum atomic E-state index is 15.4. The van der Waals surface area contributed by atoms with Gasteiger partial charge in [-0.15, -0.1) is 0 Å². The third kappa shape index (κ3) is 21.0. The van der Waals surface area contributed by atoms with E-state index in [1.807, 2.05) is 20.8 Å². The number of carbonyl (C=O) groups excluding carboxylic acids is 12. The van der Waals surface area contributed by atoms with Crippen LogP contribution in [0.3, 0.4) is 0 Å². The normalized spacial score (nSPS) is 26.0. The van der Waals surface area contributed by atoms with Crippen LogP contribution in [-0.2, 0) is 74.9 Å². The summed E-state index contributed by atoms with van der Waals surface area (Å²) in [6, 6.07) is -5.83. The third-order valence-corrected chi connectivity index (χ3v) is 21.2. The lowest BCUT2D eigenvalue weighted by molar-refractivity contribution is -0.155. The molecule has 12 amide bonds. The van der Waals surface area contributed by atoms with Crippen molar-refractivity contribution in [3.8, 4) is 0 Å². The Balaban J connectivity index is 1.42. The molecule has 8 atom stereocenters. The second-order valence-electron chi connectivity index (χ2n) is 28.6. The van der Waals surface area contributed by atoms with Crippen LogP contribution in [-0.4, -0.2) is 265 Å². The van der Waals surface area contributed by atoms with Crippen LogP contribution in [0.2, 0.25) is 5.02 Å². The molecular formula is C70H108ClF3N12O13. The number of likely N-dealkylation sites (N-methyl/N-ethyl adjacent to an activating group) is 7. The molecule has 1 aromatic rings. The van der Waals surface area contributed by atoms with E-state index in [9.17, 15) is 51.5 Å². The van der Waals surface area contributed by atoms with Gasteiger partial charge in [0.05, 0.1) is 36.6 Å². The molecule has 3 aliphatic heterocycles. The first-order chi connectivity index (χ1) is 46.7. The van der Waals surface area contributed by atoms with Crippen LogP contribution < -0.4 is 16.0 Å². The summed E-state index contributed by atoms with van der Waals surface area (Å²) in [5.41, 5.74) is -2.40. The average molecular weight is 1420 g/mol. The number of aryl methyl sites for hydroxylation is 1. The van der Waals surface area contributed by atoms with E-state index in [1.54, 1.807) is 11.8 Å². The lowest BCUT2D eigenvalue weighted by Crippen LogP contribution is -2.64. The number of hydrogen-bond donors (Lipinski definition) is 3. The van der Waals surface area contributed by atoms with Crippen molar-refractivity contribution < 1.29 is 75.4 Å². The molecule has 3 heterocycles. The largest absolute Gasteiger partial charge is 0.417 e. The second kappa shape index (κ2) is 36.5. The number of benzene rings is 1. The maximum Gasteiger partial charge on any atom is 0.417 e. The first-order valence-electron chi connectivity index (χ1n) is 35.3. The van der Waals surface area contributed by atoms with Gasteiger partial charge in [0, 0.05) is 89.1 Å². The topological polar surface area (TPSA) is 279 Å². The van der Waals surface area contributed by atoms with Gasteiger partial charge in [-0.1, -0.05) is 96.7 Å². The van der Waals surface area contributed by atoms with E-state index in [4.69, 9.17) is 16.3 Å². The quantitative estimate of drug-likeness (QED) is 0.238. The lowest BCUT2D eigenvalue weighted by atomic mass is 9.84. The highest BCUT2D eigenvalue weighted by molar-refractivity contribution is 6.31. The smallest absolute Gasteiger partial charge is 0.385 e. The number of nitrogens with zero attached hydrogens (tertiary/aromatic N) is 9. The van der Waals surface area contributed by atoms with Crippen molar-refractivity contribution >= 4 is 82.5 Å². The SMILES string of the molecule is CC[C@H](C)[C@@H]1NC(=O)[C@H](CC(C)C)N(C)C(=O)C[C@@H](C(=O)N2CCCCC2)N(C)C(=O)[C@H](CCOC)N(C)C(=O)C2(CCCC2)NC(=O)C2CCCN2C(=O)[C@H](CCc2ccc(C(F)(F)F)c(Cl)c2)NC(=O)CN(C)C(=O)[C@H](CC2CCCCC2)N(C)C(=O)CN(C)C(=O)CN(C)C1=O. The van der Waals surface area contributed by atoms with Gasteiger partial charge in [-0.3, -0.25) is 57.5 Å². The molecular weight excluding hydrogens is 1310 g/mol. The monoisotopic (exact) mass is 1420 g/mol. The van der Waals surface area contributed by atoms with E-state index in [1.165, 1.54) is 82.1 Å². The third-order valence-electron chi connectivity index (χ3n) is 20.9. The number of hydrogen-bond acceptors (Lipinski definition) is 13. The van der Waals surface area contributed by atoms with Crippen LogP contribution in [0.15, 0.2) is 18.2 Å². The van der Waals surface area contributed by atoms with Crippen molar-refractivity contribution in [2.45, 2.75) is 217 Å². The molecule has 99 heavy (non-hydrogen) atoms. The van der Waals surface area contributed by atoms with Gasteiger partial charge in [-0.2, -0.15) is 13.2 Å². The summed E-state index contributed by atoms with van der Waals surface area (Å²) in [7, 11) is 11.2. The fourth-order valence-electron chi connectivity index (χ4n) is 14.5. The van der Waals surface area contributed by atoms with Crippen LogP contribution in [0.4, 0.5) is 13.2 Å². The van der Waals surface area contributed by atoms with Crippen LogP contribution in [0.5, 0.6) is 0 Å². The summed E-state index contributed by atoms with van der Waals surface area (Å²) in [4.78, 5) is 189. The zero-order valence-electron chi connectivity index (χ0n) is 60.1. The Morgan fingerprint density at radius 3 is 1.87 bits per heavy atom. The van der Waals surface area contributed by atoms with Gasteiger partial charge >= 0.3 is 6.18 Å². The van der Waals surface area contributed by atoms with Gasteiger partial charge in [0.25, 0.3) is 0 Å². The predicted molar refractivity (Wildman–Crippen MR) is 363 cm³/mol. The summed E-state index contributed by atoms with van der Waals surface area (Å²) in [5, 5.41) is 8.06. The number of nitrogens with one attached hydrogen (secondary N) is 3. The summed E-state index contributed by atoms with van der Waals surface area (Å²) < 4.78 is 47.0. The Morgan fingerprint density at radius 2 is 1.26 bits per heavy atom. The highest BCUT2D eigenvalue weighted by Gasteiger charge is 2.50. The molecule has 0 radical (unpaired) electrons. The highest BCUT2D eigenvalue weighted by Crippen LogP contribution is 2.37. The number of rotatable bonds is 13. The highest BCUT2D eigenvalue weighted by atomic mass is 35.5. The zero-order valence-corrected chi connectivity index (χ0v) is 60.9. The van der Waals surface area contributed by atoms with Crippen molar-refractivity contribution in [1.29, 1.82) is 0 Å². The minimum Gasteiger partial charge on any atom is -0.385 e. The van der Waals surface area contributed by atoms with E-state index >= 15 is 19.2 Å². The number of amides is 12. The molecule has 1 spiro atoms. The molecule has 0 bridgehead atoms. The van der Waals surface area contributed by atoms with E-state index in [0.717, 1.165) is 70.3 Å². The van der Waals surface area contributed by atoms with E-state index in [0.29, 0.717) is 57.2 Å². The Morgan fingerprint density at radius 1 is 0.646 bits per heavy atom. The Labute approximate surface area is 586 Å². The van der Waals surface area contributed by atoms with Gasteiger partial charge < -0.3 is 64.8 Å². The first kappa shape index (κ1) is 80.9. The summed E-state index contributed by atoms with van der Waals surface area (Å²) in [6.07, 6.45) is 3.17.